The molecule has 0 heterocycles. The van der Waals surface area contributed by atoms with Crippen molar-refractivity contribution in [3.63, 3.8) is 0 Å². The van der Waals surface area contributed by atoms with Crippen LogP contribution in [0.2, 0.25) is 0 Å². The Labute approximate surface area is 160 Å². The van der Waals surface area contributed by atoms with E-state index in [2.05, 4.69) is 42.1 Å². The van der Waals surface area contributed by atoms with E-state index in [1.807, 2.05) is 30.3 Å². The zero-order valence-corrected chi connectivity index (χ0v) is 16.2. The van der Waals surface area contributed by atoms with E-state index >= 15 is 0 Å². The molecular formula is C21H27N3OS. The van der Waals surface area contributed by atoms with E-state index in [4.69, 9.17) is 12.2 Å². The van der Waals surface area contributed by atoms with Crippen molar-refractivity contribution in [1.82, 2.24) is 16.2 Å². The van der Waals surface area contributed by atoms with Gasteiger partial charge in [0.2, 0.25) is 5.91 Å². The molecule has 1 saturated carbocycles. The van der Waals surface area contributed by atoms with Gasteiger partial charge in [-0.25, -0.2) is 0 Å². The first-order chi connectivity index (χ1) is 12.5. The Bertz CT molecular complexity index is 786. The van der Waals surface area contributed by atoms with Gasteiger partial charge in [0, 0.05) is 6.04 Å². The number of hydrazine groups is 1. The highest BCUT2D eigenvalue weighted by Crippen LogP contribution is 2.29. The Balaban J connectivity index is 1.51. The largest absolute Gasteiger partial charge is 0.358 e. The van der Waals surface area contributed by atoms with E-state index in [0.717, 1.165) is 22.8 Å². The average Bonchev–Trinajstić information content (AvgIpc) is 2.64. The number of amides is 1. The summed E-state index contributed by atoms with van der Waals surface area (Å²) in [6.07, 6.45) is 3.94. The molecule has 0 spiro atoms. The molecule has 1 aliphatic carbocycles. The van der Waals surface area contributed by atoms with E-state index < -0.39 is 0 Å². The second-order valence-electron chi connectivity index (χ2n) is 7.34. The van der Waals surface area contributed by atoms with Crippen LogP contribution in [0.3, 0.4) is 0 Å². The quantitative estimate of drug-likeness (QED) is 0.570. The summed E-state index contributed by atoms with van der Waals surface area (Å²) < 4.78 is 0. The fraction of sp³-hybridized carbons (Fsp3) is 0.429. The Morgan fingerprint density at radius 1 is 1.08 bits per heavy atom. The SMILES string of the molecule is C[C@@H]1[C@H](C)CCC[C@@H]1NC(=S)NNC(=O)Cc1cccc2ccccc12. The lowest BCUT2D eigenvalue weighted by molar-refractivity contribution is -0.121. The maximum absolute atomic E-state index is 12.3. The van der Waals surface area contributed by atoms with Crippen LogP contribution in [-0.2, 0) is 11.2 Å². The molecule has 138 valence electrons. The standard InChI is InChI=1S/C21H27N3OS/c1-14-7-5-12-19(15(14)2)22-21(26)24-23-20(25)13-17-10-6-9-16-8-3-4-11-18(16)17/h3-4,6,8-11,14-15,19H,5,7,12-13H2,1-2H3,(H,23,25)(H2,22,24,26)/t14-,15-,19+/m1/s1. The highest BCUT2D eigenvalue weighted by Gasteiger charge is 2.27. The molecule has 0 radical (unpaired) electrons. The minimum atomic E-state index is -0.101. The molecule has 3 N–H and O–H groups in total. The zero-order valence-electron chi connectivity index (χ0n) is 15.4. The first-order valence-electron chi connectivity index (χ1n) is 9.36. The van der Waals surface area contributed by atoms with Crippen LogP contribution in [0.15, 0.2) is 42.5 Å². The molecule has 2 aromatic carbocycles. The summed E-state index contributed by atoms with van der Waals surface area (Å²) >= 11 is 5.35. The van der Waals surface area contributed by atoms with Gasteiger partial charge in [-0.1, -0.05) is 69.2 Å². The molecule has 3 rings (SSSR count). The molecule has 0 saturated heterocycles. The lowest BCUT2D eigenvalue weighted by atomic mass is 9.78. The third-order valence-electron chi connectivity index (χ3n) is 5.57. The van der Waals surface area contributed by atoms with Gasteiger partial charge in [-0.15, -0.1) is 0 Å². The van der Waals surface area contributed by atoms with Crippen LogP contribution in [0.5, 0.6) is 0 Å². The average molecular weight is 370 g/mol. The number of carbonyl (C=O) groups excluding carboxylic acids is 1. The van der Waals surface area contributed by atoms with Gasteiger partial charge in [0.25, 0.3) is 0 Å². The Morgan fingerprint density at radius 3 is 2.69 bits per heavy atom. The molecule has 0 aromatic heterocycles. The van der Waals surface area contributed by atoms with Crippen molar-refractivity contribution < 1.29 is 4.79 Å². The summed E-state index contributed by atoms with van der Waals surface area (Å²) in [4.78, 5) is 12.3. The Morgan fingerprint density at radius 2 is 1.85 bits per heavy atom. The van der Waals surface area contributed by atoms with Crippen molar-refractivity contribution in [2.24, 2.45) is 11.8 Å². The molecule has 26 heavy (non-hydrogen) atoms. The minimum absolute atomic E-state index is 0.101. The van der Waals surface area contributed by atoms with Crippen molar-refractivity contribution in [2.75, 3.05) is 0 Å². The van der Waals surface area contributed by atoms with Gasteiger partial charge in [-0.2, -0.15) is 0 Å². The monoisotopic (exact) mass is 369 g/mol. The number of thiocarbonyl (C=S) groups is 1. The van der Waals surface area contributed by atoms with Crippen LogP contribution in [0.25, 0.3) is 10.8 Å². The van der Waals surface area contributed by atoms with Crippen molar-refractivity contribution in [3.8, 4) is 0 Å². The van der Waals surface area contributed by atoms with Crippen molar-refractivity contribution in [2.45, 2.75) is 45.6 Å². The molecule has 4 nitrogen and oxygen atoms in total. The van der Waals surface area contributed by atoms with Gasteiger partial charge < -0.3 is 5.32 Å². The number of nitrogens with one attached hydrogen (secondary N) is 3. The highest BCUT2D eigenvalue weighted by atomic mass is 32.1. The van der Waals surface area contributed by atoms with Gasteiger partial charge in [0.1, 0.15) is 0 Å². The fourth-order valence-corrected chi connectivity index (χ4v) is 3.98. The van der Waals surface area contributed by atoms with Gasteiger partial charge >= 0.3 is 0 Å². The molecule has 3 atom stereocenters. The topological polar surface area (TPSA) is 53.2 Å². The molecule has 1 amide bonds. The van der Waals surface area contributed by atoms with E-state index in [9.17, 15) is 4.79 Å². The number of hydrogen-bond acceptors (Lipinski definition) is 2. The zero-order chi connectivity index (χ0) is 18.5. The molecule has 0 aliphatic heterocycles. The van der Waals surface area contributed by atoms with Crippen LogP contribution in [0.1, 0.15) is 38.7 Å². The van der Waals surface area contributed by atoms with E-state index in [1.165, 1.54) is 12.8 Å². The van der Waals surface area contributed by atoms with Gasteiger partial charge in [-0.05, 0) is 46.8 Å². The van der Waals surface area contributed by atoms with Crippen molar-refractivity contribution in [1.29, 1.82) is 0 Å². The molecule has 5 heteroatoms. The maximum atomic E-state index is 12.3. The second-order valence-corrected chi connectivity index (χ2v) is 7.74. The van der Waals surface area contributed by atoms with Crippen LogP contribution in [-0.4, -0.2) is 17.1 Å². The predicted molar refractivity (Wildman–Crippen MR) is 111 cm³/mol. The van der Waals surface area contributed by atoms with Crippen LogP contribution in [0.4, 0.5) is 0 Å². The van der Waals surface area contributed by atoms with Gasteiger partial charge in [-0.3, -0.25) is 15.6 Å². The molecule has 0 unspecified atom stereocenters. The van der Waals surface area contributed by atoms with Crippen LogP contribution in [0, 0.1) is 11.8 Å². The fourth-order valence-electron chi connectivity index (χ4n) is 3.78. The summed E-state index contributed by atoms with van der Waals surface area (Å²) in [6.45, 7) is 4.56. The summed E-state index contributed by atoms with van der Waals surface area (Å²) in [6, 6.07) is 14.5. The number of benzene rings is 2. The molecule has 1 fully saturated rings. The minimum Gasteiger partial charge on any atom is -0.358 e. The summed E-state index contributed by atoms with van der Waals surface area (Å²) in [5.74, 6) is 1.18. The van der Waals surface area contributed by atoms with Crippen LogP contribution >= 0.6 is 12.2 Å². The molecule has 2 aromatic rings. The predicted octanol–water partition coefficient (Wildman–Crippen LogP) is 3.70. The Kier molecular flexibility index (Phi) is 6.09. The summed E-state index contributed by atoms with van der Waals surface area (Å²) in [5, 5.41) is 6.09. The molecular weight excluding hydrogens is 342 g/mol. The van der Waals surface area contributed by atoms with Gasteiger partial charge in [0.15, 0.2) is 5.11 Å². The van der Waals surface area contributed by atoms with Gasteiger partial charge in [0.05, 0.1) is 6.42 Å². The number of fused-ring (bicyclic) bond motifs is 1. The van der Waals surface area contributed by atoms with E-state index in [1.54, 1.807) is 0 Å². The first-order valence-corrected chi connectivity index (χ1v) is 9.77. The van der Waals surface area contributed by atoms with E-state index in [-0.39, 0.29) is 5.91 Å². The Hall–Kier alpha value is -2.14. The lowest BCUT2D eigenvalue weighted by Gasteiger charge is -2.35. The number of hydrogen-bond donors (Lipinski definition) is 3. The van der Waals surface area contributed by atoms with Crippen LogP contribution < -0.4 is 16.2 Å². The number of rotatable bonds is 3. The molecule has 0 bridgehead atoms. The highest BCUT2D eigenvalue weighted by molar-refractivity contribution is 7.80. The van der Waals surface area contributed by atoms with Crippen molar-refractivity contribution >= 4 is 34.0 Å². The maximum Gasteiger partial charge on any atom is 0.242 e. The van der Waals surface area contributed by atoms with E-state index in [0.29, 0.717) is 29.4 Å². The summed E-state index contributed by atoms with van der Waals surface area (Å²) in [7, 11) is 0. The van der Waals surface area contributed by atoms with Crippen molar-refractivity contribution in [3.05, 3.63) is 48.0 Å². The summed E-state index contributed by atoms with van der Waals surface area (Å²) in [5.41, 5.74) is 6.58. The molecule has 1 aliphatic rings. The smallest absolute Gasteiger partial charge is 0.242 e. The third-order valence-corrected chi connectivity index (χ3v) is 5.79. The second kappa shape index (κ2) is 8.49. The number of carbonyl (C=O) groups is 1. The third kappa shape index (κ3) is 4.52. The normalized spacial score (nSPS) is 22.6. The first kappa shape index (κ1) is 18.6. The lowest BCUT2D eigenvalue weighted by Crippen LogP contribution is -2.52.